The summed E-state index contributed by atoms with van der Waals surface area (Å²) < 4.78 is 0. The van der Waals surface area contributed by atoms with Crippen molar-refractivity contribution >= 4 is 29.1 Å². The predicted octanol–water partition coefficient (Wildman–Crippen LogP) is -1.55. The van der Waals surface area contributed by atoms with E-state index in [0.29, 0.717) is 16.9 Å². The Balaban J connectivity index is 2.31. The lowest BCUT2D eigenvalue weighted by atomic mass is 10.1. The highest BCUT2D eigenvalue weighted by molar-refractivity contribution is 6.02. The molecule has 0 aliphatic carbocycles. The van der Waals surface area contributed by atoms with E-state index in [1.807, 2.05) is 0 Å². The highest BCUT2D eigenvalue weighted by Gasteiger charge is 2.29. The Morgan fingerprint density at radius 1 is 1.25 bits per heavy atom. The molecule has 1 aromatic rings. The fraction of sp³-hybridized carbons (Fsp3) is 0.250. The monoisotopic (exact) mass is 278 g/mol. The number of anilines is 2. The molecule has 0 spiro atoms. The number of primary amides is 2. The molecule has 106 valence electrons. The lowest BCUT2D eigenvalue weighted by Gasteiger charge is -2.22. The first-order valence-electron chi connectivity index (χ1n) is 5.83. The summed E-state index contributed by atoms with van der Waals surface area (Å²) in [6.45, 7) is -0.365. The number of nitrogens with two attached hydrogens (primary N) is 2. The Kier molecular flexibility index (Phi) is 3.57. The minimum atomic E-state index is -1.21. The molecule has 1 aliphatic rings. The molecule has 2 rings (SSSR count). The second kappa shape index (κ2) is 5.17. The average Bonchev–Trinajstić information content (AvgIpc) is 2.62. The van der Waals surface area contributed by atoms with Crippen LogP contribution in [0.3, 0.4) is 0 Å². The van der Waals surface area contributed by atoms with Crippen LogP contribution >= 0.6 is 0 Å². The topological polar surface area (TPSA) is 139 Å². The Bertz CT molecular complexity index is 571. The maximum absolute atomic E-state index is 11.3. The summed E-state index contributed by atoms with van der Waals surface area (Å²) in [5.41, 5.74) is 11.6. The van der Waals surface area contributed by atoms with E-state index in [4.69, 9.17) is 11.5 Å². The van der Waals surface area contributed by atoms with Gasteiger partial charge in [0, 0.05) is 16.9 Å². The third kappa shape index (κ3) is 2.69. The number of nitrogens with zero attached hydrogens (tertiary/aromatic N) is 1. The van der Waals surface area contributed by atoms with Gasteiger partial charge in [-0.3, -0.25) is 14.4 Å². The van der Waals surface area contributed by atoms with Gasteiger partial charge in [-0.1, -0.05) is 6.07 Å². The molecule has 1 heterocycles. The molecule has 1 aliphatic heterocycles. The van der Waals surface area contributed by atoms with E-state index < -0.39 is 23.8 Å². The second-order valence-electron chi connectivity index (χ2n) is 4.45. The zero-order chi connectivity index (χ0) is 14.9. The van der Waals surface area contributed by atoms with E-state index in [2.05, 4.69) is 5.32 Å². The average molecular weight is 278 g/mol. The van der Waals surface area contributed by atoms with Gasteiger partial charge in [-0.2, -0.15) is 0 Å². The van der Waals surface area contributed by atoms with Crippen LogP contribution in [0.5, 0.6) is 0 Å². The highest BCUT2D eigenvalue weighted by atomic mass is 16.3. The molecule has 6 N–H and O–H groups in total. The quantitative estimate of drug-likeness (QED) is 0.516. The normalized spacial score (nSPS) is 16.4. The molecule has 1 aromatic carbocycles. The smallest absolute Gasteiger partial charge is 0.257 e. The van der Waals surface area contributed by atoms with Crippen molar-refractivity contribution in [3.8, 4) is 0 Å². The van der Waals surface area contributed by atoms with Crippen LogP contribution in [0.2, 0.25) is 0 Å². The van der Waals surface area contributed by atoms with Crippen LogP contribution in [-0.2, 0) is 14.4 Å². The molecule has 1 atom stereocenters. The van der Waals surface area contributed by atoms with E-state index in [9.17, 15) is 19.5 Å². The van der Waals surface area contributed by atoms with Gasteiger partial charge < -0.3 is 26.8 Å². The van der Waals surface area contributed by atoms with E-state index in [-0.39, 0.29) is 13.1 Å². The number of hydrogen-bond acceptors (Lipinski definition) is 5. The first kappa shape index (κ1) is 13.8. The summed E-state index contributed by atoms with van der Waals surface area (Å²) in [5, 5.41) is 12.1. The number of fused-ring (bicyclic) bond motifs is 1. The number of hydrogen-bond donors (Lipinski definition) is 4. The first-order valence-corrected chi connectivity index (χ1v) is 5.83. The van der Waals surface area contributed by atoms with Crippen LogP contribution in [-0.4, -0.2) is 35.9 Å². The third-order valence-corrected chi connectivity index (χ3v) is 2.90. The van der Waals surface area contributed by atoms with Crippen LogP contribution in [0.1, 0.15) is 11.7 Å². The van der Waals surface area contributed by atoms with E-state index in [0.717, 1.165) is 0 Å². The molecule has 0 radical (unpaired) electrons. The number of benzene rings is 1. The molecular weight excluding hydrogens is 264 g/mol. The maximum Gasteiger partial charge on any atom is 0.257 e. The molecule has 8 heteroatoms. The lowest BCUT2D eigenvalue weighted by molar-refractivity contribution is -0.123. The van der Waals surface area contributed by atoms with Crippen molar-refractivity contribution in [2.45, 2.75) is 6.10 Å². The van der Waals surface area contributed by atoms with Crippen LogP contribution in [0.25, 0.3) is 0 Å². The zero-order valence-electron chi connectivity index (χ0n) is 10.5. The Morgan fingerprint density at radius 2 is 1.85 bits per heavy atom. The van der Waals surface area contributed by atoms with Crippen molar-refractivity contribution in [2.24, 2.45) is 11.5 Å². The van der Waals surface area contributed by atoms with Crippen LogP contribution in [0.4, 0.5) is 11.4 Å². The summed E-state index contributed by atoms with van der Waals surface area (Å²) in [5.74, 6) is -1.75. The number of carbonyl (C=O) groups is 3. The van der Waals surface area contributed by atoms with Crippen molar-refractivity contribution in [1.29, 1.82) is 0 Å². The Hall–Kier alpha value is -2.61. The standard InChI is InChI=1S/C12H14N4O4/c13-9(17)4-16(5-10(14)18)6-1-2-7-8(3-6)15-12(20)11(7)19/h1-3,11,19H,4-5H2,(H2,13,17)(H2,14,18)(H,15,20). The Labute approximate surface area is 114 Å². The Morgan fingerprint density at radius 3 is 2.40 bits per heavy atom. The summed E-state index contributed by atoms with van der Waals surface area (Å²) in [7, 11) is 0. The first-order chi connectivity index (χ1) is 9.38. The number of amides is 3. The van der Waals surface area contributed by atoms with Gasteiger partial charge in [-0.15, -0.1) is 0 Å². The van der Waals surface area contributed by atoms with Crippen molar-refractivity contribution < 1.29 is 19.5 Å². The van der Waals surface area contributed by atoms with Crippen molar-refractivity contribution in [1.82, 2.24) is 0 Å². The zero-order valence-corrected chi connectivity index (χ0v) is 10.5. The molecule has 0 saturated heterocycles. The van der Waals surface area contributed by atoms with Crippen molar-refractivity contribution in [3.05, 3.63) is 23.8 Å². The molecule has 8 nitrogen and oxygen atoms in total. The molecule has 0 fully saturated rings. The predicted molar refractivity (Wildman–Crippen MR) is 70.6 cm³/mol. The van der Waals surface area contributed by atoms with Gasteiger partial charge >= 0.3 is 0 Å². The fourth-order valence-corrected chi connectivity index (χ4v) is 2.04. The summed E-state index contributed by atoms with van der Waals surface area (Å²) in [6, 6.07) is 4.67. The van der Waals surface area contributed by atoms with Crippen LogP contribution in [0.15, 0.2) is 18.2 Å². The fourth-order valence-electron chi connectivity index (χ4n) is 2.04. The van der Waals surface area contributed by atoms with Crippen LogP contribution in [0, 0.1) is 0 Å². The van der Waals surface area contributed by atoms with E-state index >= 15 is 0 Å². The molecule has 1 unspecified atom stereocenters. The lowest BCUT2D eigenvalue weighted by Crippen LogP contribution is -2.39. The summed E-state index contributed by atoms with van der Waals surface area (Å²) in [6.07, 6.45) is -1.21. The van der Waals surface area contributed by atoms with Gasteiger partial charge in [0.1, 0.15) is 0 Å². The maximum atomic E-state index is 11.3. The van der Waals surface area contributed by atoms with Crippen molar-refractivity contribution in [2.75, 3.05) is 23.3 Å². The molecule has 3 amide bonds. The number of aliphatic hydroxyl groups excluding tert-OH is 1. The second-order valence-corrected chi connectivity index (χ2v) is 4.45. The number of rotatable bonds is 5. The molecule has 20 heavy (non-hydrogen) atoms. The minimum Gasteiger partial charge on any atom is -0.378 e. The van der Waals surface area contributed by atoms with E-state index in [1.54, 1.807) is 18.2 Å². The summed E-state index contributed by atoms with van der Waals surface area (Å²) >= 11 is 0. The van der Waals surface area contributed by atoms with Gasteiger partial charge in [-0.25, -0.2) is 0 Å². The molecular formula is C12H14N4O4. The number of nitrogens with one attached hydrogen (secondary N) is 1. The number of aliphatic hydroxyl groups is 1. The van der Waals surface area contributed by atoms with Gasteiger partial charge in [0.15, 0.2) is 6.10 Å². The SMILES string of the molecule is NC(=O)CN(CC(N)=O)c1ccc2c(c1)NC(=O)C2O. The summed E-state index contributed by atoms with van der Waals surface area (Å²) in [4.78, 5) is 34.8. The van der Waals surface area contributed by atoms with Crippen LogP contribution < -0.4 is 21.7 Å². The third-order valence-electron chi connectivity index (χ3n) is 2.90. The number of carbonyl (C=O) groups excluding carboxylic acids is 3. The minimum absolute atomic E-state index is 0.182. The van der Waals surface area contributed by atoms with Gasteiger partial charge in [-0.05, 0) is 12.1 Å². The van der Waals surface area contributed by atoms with Gasteiger partial charge in [0.05, 0.1) is 13.1 Å². The van der Waals surface area contributed by atoms with Gasteiger partial charge in [0.2, 0.25) is 11.8 Å². The largest absolute Gasteiger partial charge is 0.378 e. The molecule has 0 aromatic heterocycles. The van der Waals surface area contributed by atoms with E-state index in [1.165, 1.54) is 4.90 Å². The van der Waals surface area contributed by atoms with Gasteiger partial charge in [0.25, 0.3) is 5.91 Å². The van der Waals surface area contributed by atoms with Crippen molar-refractivity contribution in [3.63, 3.8) is 0 Å². The molecule has 0 bridgehead atoms. The molecule has 0 saturated carbocycles. The highest BCUT2D eigenvalue weighted by Crippen LogP contribution is 2.33.